The van der Waals surface area contributed by atoms with Gasteiger partial charge in [0.2, 0.25) is 17.1 Å². The van der Waals surface area contributed by atoms with E-state index >= 15 is 0 Å². The van der Waals surface area contributed by atoms with Gasteiger partial charge in [0.05, 0.1) is 24.1 Å². The Hall–Kier alpha value is -3.44. The highest BCUT2D eigenvalue weighted by Crippen LogP contribution is 2.52. The van der Waals surface area contributed by atoms with Crippen LogP contribution in [-0.4, -0.2) is 46.7 Å². The van der Waals surface area contributed by atoms with Gasteiger partial charge in [-0.1, -0.05) is 0 Å². The molecule has 0 heterocycles. The van der Waals surface area contributed by atoms with Crippen molar-refractivity contribution in [3.8, 4) is 11.5 Å². The van der Waals surface area contributed by atoms with E-state index in [1.807, 2.05) is 0 Å². The number of hydrogen-bond acceptors (Lipinski definition) is 9. The lowest BCUT2D eigenvalue weighted by Crippen LogP contribution is -2.47. The van der Waals surface area contributed by atoms with Crippen LogP contribution < -0.4 is 9.47 Å². The number of nitrogens with zero attached hydrogens (tertiary/aromatic N) is 2. The monoisotopic (exact) mass is 384 g/mol. The minimum Gasteiger partial charge on any atom is -0.490 e. The summed E-state index contributed by atoms with van der Waals surface area (Å²) in [7, 11) is 2.19. The first-order valence-electron chi connectivity index (χ1n) is 7.61. The van der Waals surface area contributed by atoms with Gasteiger partial charge in [-0.3, -0.25) is 25.0 Å². The predicted molar refractivity (Wildman–Crippen MR) is 87.0 cm³/mol. The second-order valence-electron chi connectivity index (χ2n) is 5.80. The summed E-state index contributed by atoms with van der Waals surface area (Å²) >= 11 is 0. The van der Waals surface area contributed by atoms with Gasteiger partial charge >= 0.3 is 23.3 Å². The van der Waals surface area contributed by atoms with Crippen molar-refractivity contribution in [3.63, 3.8) is 0 Å². The van der Waals surface area contributed by atoms with Gasteiger partial charge in [0.15, 0.2) is 0 Å². The smallest absolute Gasteiger partial charge is 0.391 e. The summed E-state index contributed by atoms with van der Waals surface area (Å²) in [6.45, 7) is 1.04. The Balaban J connectivity index is 2.86. The molecular formula is C15H16N2O10. The highest BCUT2D eigenvalue weighted by molar-refractivity contribution is 5.84. The fraction of sp³-hybridized carbons (Fsp3) is 0.467. The van der Waals surface area contributed by atoms with Gasteiger partial charge in [0.25, 0.3) is 0 Å². The van der Waals surface area contributed by atoms with E-state index in [1.165, 1.54) is 0 Å². The minimum atomic E-state index is -1.97. The summed E-state index contributed by atoms with van der Waals surface area (Å²) in [5.41, 5.74) is -3.59. The maximum Gasteiger partial charge on any atom is 0.391 e. The van der Waals surface area contributed by atoms with Crippen molar-refractivity contribution in [2.75, 3.05) is 14.2 Å². The van der Waals surface area contributed by atoms with Crippen molar-refractivity contribution in [2.24, 2.45) is 0 Å². The molecule has 0 saturated carbocycles. The number of carboxylic acids is 1. The van der Waals surface area contributed by atoms with Gasteiger partial charge in [-0.2, -0.15) is 0 Å². The van der Waals surface area contributed by atoms with Crippen molar-refractivity contribution < 1.29 is 38.8 Å². The molecule has 1 N–H and O–H groups in total. The van der Waals surface area contributed by atoms with Crippen molar-refractivity contribution in [1.29, 1.82) is 0 Å². The van der Waals surface area contributed by atoms with Crippen LogP contribution in [0.2, 0.25) is 0 Å². The normalized spacial score (nSPS) is 18.2. The van der Waals surface area contributed by atoms with Crippen LogP contribution in [0, 0.1) is 20.2 Å². The zero-order valence-electron chi connectivity index (χ0n) is 14.6. The molecule has 2 rings (SSSR count). The summed E-state index contributed by atoms with van der Waals surface area (Å²) in [6.07, 6.45) is -0.744. The zero-order valence-corrected chi connectivity index (χ0v) is 14.6. The van der Waals surface area contributed by atoms with Crippen molar-refractivity contribution in [2.45, 2.75) is 31.8 Å². The molecule has 1 aromatic rings. The highest BCUT2D eigenvalue weighted by Gasteiger charge is 2.50. The van der Waals surface area contributed by atoms with Crippen LogP contribution in [-0.2, 0) is 27.2 Å². The number of esters is 1. The number of methoxy groups -OCH3 is 2. The average molecular weight is 384 g/mol. The molecule has 1 unspecified atom stereocenters. The van der Waals surface area contributed by atoms with Gasteiger partial charge in [0.1, 0.15) is 0 Å². The summed E-state index contributed by atoms with van der Waals surface area (Å²) in [4.78, 5) is 44.2. The molecule has 0 radical (unpaired) electrons. The largest absolute Gasteiger partial charge is 0.490 e. The molecule has 0 fully saturated rings. The van der Waals surface area contributed by atoms with E-state index in [1.54, 1.807) is 0 Å². The van der Waals surface area contributed by atoms with Gasteiger partial charge in [-0.25, -0.2) is 4.79 Å². The molecule has 146 valence electrons. The molecule has 0 aliphatic heterocycles. The third kappa shape index (κ3) is 3.20. The molecular weight excluding hydrogens is 368 g/mol. The van der Waals surface area contributed by atoms with Crippen LogP contribution >= 0.6 is 0 Å². The Labute approximate surface area is 151 Å². The Morgan fingerprint density at radius 2 is 1.52 bits per heavy atom. The van der Waals surface area contributed by atoms with Crippen LogP contribution in [0.3, 0.4) is 0 Å². The maximum atomic E-state index is 11.8. The quantitative estimate of drug-likeness (QED) is 0.429. The molecule has 0 bridgehead atoms. The fourth-order valence-electron chi connectivity index (χ4n) is 3.29. The molecule has 27 heavy (non-hydrogen) atoms. The average Bonchev–Trinajstić information content (AvgIpc) is 2.58. The van der Waals surface area contributed by atoms with Crippen molar-refractivity contribution in [3.05, 3.63) is 31.4 Å². The number of ether oxygens (including phenoxy) is 3. The molecule has 12 nitrogen and oxygen atoms in total. The molecule has 1 aliphatic rings. The summed E-state index contributed by atoms with van der Waals surface area (Å²) in [5, 5.41) is 32.5. The first-order valence-corrected chi connectivity index (χ1v) is 7.61. The lowest BCUT2D eigenvalue weighted by Gasteiger charge is -2.34. The van der Waals surface area contributed by atoms with Crippen LogP contribution in [0.5, 0.6) is 11.5 Å². The number of carbonyl (C=O) groups excluding carboxylic acids is 1. The van der Waals surface area contributed by atoms with Gasteiger partial charge in [-0.05, 0) is 6.42 Å². The standard InChI is InChI=1S/C15H16N2O10/c1-7(18)27-15(14(19)20)5-4-8-9(6-15)13(26-3)11(17(23)24)10(16(21)22)12(8)25-2/h4-6H2,1-3H3,(H,19,20). The fourth-order valence-corrected chi connectivity index (χ4v) is 3.29. The molecule has 12 heteroatoms. The van der Waals surface area contributed by atoms with E-state index in [0.717, 1.165) is 21.1 Å². The first-order chi connectivity index (χ1) is 12.6. The Bertz CT molecular complexity index is 850. The third-order valence-electron chi connectivity index (χ3n) is 4.31. The van der Waals surface area contributed by atoms with Gasteiger partial charge in [-0.15, -0.1) is 0 Å². The number of rotatable bonds is 6. The van der Waals surface area contributed by atoms with Gasteiger partial charge < -0.3 is 19.3 Å². The molecule has 1 aromatic carbocycles. The SMILES string of the molecule is COc1c2c(c(OC)c([N+](=O)[O-])c1[N+](=O)[O-])CC(OC(C)=O)(C(=O)O)CC2. The van der Waals surface area contributed by atoms with Crippen molar-refractivity contribution in [1.82, 2.24) is 0 Å². The number of carbonyl (C=O) groups is 2. The van der Waals surface area contributed by atoms with E-state index in [2.05, 4.69) is 0 Å². The van der Waals surface area contributed by atoms with Crippen LogP contribution in [0.1, 0.15) is 24.5 Å². The molecule has 0 spiro atoms. The minimum absolute atomic E-state index is 0.0153. The number of nitro benzene ring substituents is 2. The van der Waals surface area contributed by atoms with Crippen LogP contribution in [0.25, 0.3) is 0 Å². The second-order valence-corrected chi connectivity index (χ2v) is 5.80. The predicted octanol–water partition coefficient (Wildman–Crippen LogP) is 1.40. The second kappa shape index (κ2) is 7.05. The molecule has 1 aliphatic carbocycles. The number of nitro groups is 2. The number of aliphatic carboxylic acids is 1. The summed E-state index contributed by atoms with van der Waals surface area (Å²) < 4.78 is 15.1. The Kier molecular flexibility index (Phi) is 5.19. The molecule has 0 saturated heterocycles. The number of benzene rings is 1. The van der Waals surface area contributed by atoms with Gasteiger partial charge in [0, 0.05) is 30.9 Å². The number of hydrogen-bond donors (Lipinski definition) is 1. The Morgan fingerprint density at radius 1 is 1.04 bits per heavy atom. The van der Waals surface area contributed by atoms with Crippen LogP contribution in [0.4, 0.5) is 11.4 Å². The highest BCUT2D eigenvalue weighted by atomic mass is 16.6. The summed E-state index contributed by atoms with van der Waals surface area (Å²) in [5.74, 6) is -3.09. The first kappa shape index (κ1) is 19.9. The lowest BCUT2D eigenvalue weighted by atomic mass is 9.78. The molecule has 1 atom stereocenters. The number of fused-ring (bicyclic) bond motifs is 1. The topological polar surface area (TPSA) is 168 Å². The maximum absolute atomic E-state index is 11.8. The van der Waals surface area contributed by atoms with E-state index in [-0.39, 0.29) is 29.7 Å². The van der Waals surface area contributed by atoms with E-state index in [0.29, 0.717) is 0 Å². The molecule has 0 aromatic heterocycles. The van der Waals surface area contributed by atoms with E-state index in [4.69, 9.17) is 14.2 Å². The van der Waals surface area contributed by atoms with E-state index in [9.17, 15) is 34.9 Å². The summed E-state index contributed by atoms with van der Waals surface area (Å²) in [6, 6.07) is 0. The Morgan fingerprint density at radius 3 is 1.89 bits per heavy atom. The molecule has 0 amide bonds. The van der Waals surface area contributed by atoms with Crippen molar-refractivity contribution >= 4 is 23.3 Å². The third-order valence-corrected chi connectivity index (χ3v) is 4.31. The van der Waals surface area contributed by atoms with Crippen LogP contribution in [0.15, 0.2) is 0 Å². The number of carboxylic acid groups (broad SMARTS) is 1. The van der Waals surface area contributed by atoms with E-state index < -0.39 is 50.9 Å². The zero-order chi connectivity index (χ0) is 20.5. The lowest BCUT2D eigenvalue weighted by molar-refractivity contribution is -0.423.